The molecule has 1 rings (SSSR count). The highest BCUT2D eigenvalue weighted by Crippen LogP contribution is 1.99. The topological polar surface area (TPSA) is 95.6 Å². The molecule has 1 heterocycles. The molecule has 1 aliphatic heterocycles. The molecule has 0 atom stereocenters. The fourth-order valence-electron chi connectivity index (χ4n) is 1.45. The van der Waals surface area contributed by atoms with E-state index < -0.39 is 20.0 Å². The van der Waals surface area contributed by atoms with Gasteiger partial charge in [-0.25, -0.2) is 13.1 Å². The van der Waals surface area contributed by atoms with Crippen LogP contribution in [0.4, 0.5) is 0 Å². The Hall–Kier alpha value is -0.220. The number of rotatable bonds is 6. The van der Waals surface area contributed by atoms with Crippen molar-refractivity contribution < 1.29 is 16.8 Å². The van der Waals surface area contributed by atoms with Crippen molar-refractivity contribution in [1.82, 2.24) is 14.3 Å². The van der Waals surface area contributed by atoms with Crippen molar-refractivity contribution >= 4 is 20.0 Å². The Labute approximate surface area is 103 Å². The van der Waals surface area contributed by atoms with Gasteiger partial charge in [0, 0.05) is 38.5 Å². The zero-order chi connectivity index (χ0) is 12.9. The lowest BCUT2D eigenvalue weighted by Gasteiger charge is -2.26. The maximum Gasteiger partial charge on any atom is 0.279 e. The van der Waals surface area contributed by atoms with Gasteiger partial charge in [0.1, 0.15) is 0 Å². The molecule has 0 spiro atoms. The predicted octanol–water partition coefficient (Wildman–Crippen LogP) is -1.84. The average molecular weight is 285 g/mol. The summed E-state index contributed by atoms with van der Waals surface area (Å²) in [7, 11) is -6.67. The average Bonchev–Trinajstić information content (AvgIpc) is 2.30. The van der Waals surface area contributed by atoms with Crippen molar-refractivity contribution in [2.24, 2.45) is 0 Å². The van der Waals surface area contributed by atoms with Gasteiger partial charge in [0.2, 0.25) is 0 Å². The first-order valence-corrected chi connectivity index (χ1v) is 8.79. The molecule has 0 aromatic carbocycles. The maximum atomic E-state index is 11.8. The van der Waals surface area contributed by atoms with E-state index in [-0.39, 0.29) is 18.1 Å². The highest BCUT2D eigenvalue weighted by molar-refractivity contribution is 7.91. The molecule has 1 aliphatic rings. The summed E-state index contributed by atoms with van der Waals surface area (Å²) in [6.07, 6.45) is 0. The predicted molar refractivity (Wildman–Crippen MR) is 65.7 cm³/mol. The zero-order valence-electron chi connectivity index (χ0n) is 9.85. The molecule has 102 valence electrons. The van der Waals surface area contributed by atoms with Crippen LogP contribution in [0.5, 0.6) is 0 Å². The third-order valence-electron chi connectivity index (χ3n) is 2.55. The Morgan fingerprint density at radius 3 is 2.29 bits per heavy atom. The standard InChI is InChI=1S/C8H19N3O4S2/c1-2-16(12,13)8-5-10-17(14,15)11-6-3-9-4-7-11/h9-10H,2-8H2,1H3. The summed E-state index contributed by atoms with van der Waals surface area (Å²) in [5.41, 5.74) is 0. The molecule has 1 fully saturated rings. The summed E-state index contributed by atoms with van der Waals surface area (Å²) in [5.74, 6) is -0.128. The Bertz CT molecular complexity index is 426. The van der Waals surface area contributed by atoms with Gasteiger partial charge in [0.05, 0.1) is 5.75 Å². The lowest BCUT2D eigenvalue weighted by atomic mass is 10.4. The van der Waals surface area contributed by atoms with Gasteiger partial charge >= 0.3 is 0 Å². The fourth-order valence-corrected chi connectivity index (χ4v) is 3.48. The summed E-state index contributed by atoms with van der Waals surface area (Å²) >= 11 is 0. The van der Waals surface area contributed by atoms with Crippen LogP contribution in [0, 0.1) is 0 Å². The molecule has 17 heavy (non-hydrogen) atoms. The van der Waals surface area contributed by atoms with Crippen molar-refractivity contribution in [3.8, 4) is 0 Å². The molecular weight excluding hydrogens is 266 g/mol. The van der Waals surface area contributed by atoms with Gasteiger partial charge in [-0.3, -0.25) is 0 Å². The second-order valence-corrected chi connectivity index (χ2v) is 8.01. The molecule has 0 aromatic rings. The van der Waals surface area contributed by atoms with Crippen LogP contribution >= 0.6 is 0 Å². The molecule has 7 nitrogen and oxygen atoms in total. The van der Waals surface area contributed by atoms with Gasteiger partial charge in [0.15, 0.2) is 9.84 Å². The fraction of sp³-hybridized carbons (Fsp3) is 1.00. The van der Waals surface area contributed by atoms with E-state index in [1.807, 2.05) is 0 Å². The van der Waals surface area contributed by atoms with Crippen molar-refractivity contribution in [3.63, 3.8) is 0 Å². The Morgan fingerprint density at radius 2 is 1.76 bits per heavy atom. The van der Waals surface area contributed by atoms with Crippen LogP contribution in [-0.4, -0.2) is 65.4 Å². The summed E-state index contributed by atoms with van der Waals surface area (Å²) in [4.78, 5) is 0. The summed E-state index contributed by atoms with van der Waals surface area (Å²) in [6.45, 7) is 3.54. The SMILES string of the molecule is CCS(=O)(=O)CCNS(=O)(=O)N1CCNCC1. The van der Waals surface area contributed by atoms with Gasteiger partial charge in [0.25, 0.3) is 10.2 Å². The molecule has 0 unspecified atom stereocenters. The minimum Gasteiger partial charge on any atom is -0.314 e. The number of nitrogens with zero attached hydrogens (tertiary/aromatic N) is 1. The van der Waals surface area contributed by atoms with Crippen molar-refractivity contribution in [1.29, 1.82) is 0 Å². The van der Waals surface area contributed by atoms with E-state index in [1.165, 1.54) is 4.31 Å². The number of hydrogen-bond donors (Lipinski definition) is 2. The van der Waals surface area contributed by atoms with Crippen LogP contribution in [0.1, 0.15) is 6.92 Å². The molecule has 0 aliphatic carbocycles. The summed E-state index contributed by atoms with van der Waals surface area (Å²) < 4.78 is 49.5. The minimum absolute atomic E-state index is 0.0301. The monoisotopic (exact) mass is 285 g/mol. The lowest BCUT2D eigenvalue weighted by Crippen LogP contribution is -2.51. The van der Waals surface area contributed by atoms with E-state index in [2.05, 4.69) is 10.0 Å². The first-order valence-electron chi connectivity index (χ1n) is 5.53. The molecule has 0 amide bonds. The minimum atomic E-state index is -3.54. The van der Waals surface area contributed by atoms with Crippen LogP contribution < -0.4 is 10.0 Å². The van der Waals surface area contributed by atoms with E-state index in [0.717, 1.165) is 0 Å². The smallest absolute Gasteiger partial charge is 0.279 e. The third kappa shape index (κ3) is 4.88. The van der Waals surface area contributed by atoms with E-state index in [1.54, 1.807) is 6.92 Å². The van der Waals surface area contributed by atoms with Crippen molar-refractivity contribution in [2.75, 3.05) is 44.2 Å². The van der Waals surface area contributed by atoms with E-state index in [4.69, 9.17) is 0 Å². The number of hydrogen-bond acceptors (Lipinski definition) is 5. The first kappa shape index (κ1) is 14.8. The van der Waals surface area contributed by atoms with Crippen molar-refractivity contribution in [3.05, 3.63) is 0 Å². The third-order valence-corrected chi connectivity index (χ3v) is 5.87. The van der Waals surface area contributed by atoms with Crippen LogP contribution in [0.2, 0.25) is 0 Å². The second kappa shape index (κ2) is 6.10. The van der Waals surface area contributed by atoms with Crippen LogP contribution in [0.15, 0.2) is 0 Å². The Morgan fingerprint density at radius 1 is 1.18 bits per heavy atom. The highest BCUT2D eigenvalue weighted by Gasteiger charge is 2.23. The van der Waals surface area contributed by atoms with Gasteiger partial charge in [-0.15, -0.1) is 0 Å². The molecule has 0 saturated carbocycles. The van der Waals surface area contributed by atoms with E-state index in [0.29, 0.717) is 26.2 Å². The van der Waals surface area contributed by atoms with Gasteiger partial charge in [-0.2, -0.15) is 12.7 Å². The second-order valence-electron chi connectivity index (χ2n) is 3.78. The normalized spacial score (nSPS) is 19.4. The molecule has 0 radical (unpaired) electrons. The summed E-state index contributed by atoms with van der Waals surface area (Å²) in [5, 5.41) is 3.05. The van der Waals surface area contributed by atoms with Crippen LogP contribution in [0.3, 0.4) is 0 Å². The molecule has 0 bridgehead atoms. The Balaban J connectivity index is 2.44. The molecule has 2 N–H and O–H groups in total. The van der Waals surface area contributed by atoms with Crippen molar-refractivity contribution in [2.45, 2.75) is 6.92 Å². The largest absolute Gasteiger partial charge is 0.314 e. The quantitative estimate of drug-likeness (QED) is 0.598. The Kier molecular flexibility index (Phi) is 5.32. The van der Waals surface area contributed by atoms with Gasteiger partial charge in [-0.1, -0.05) is 6.92 Å². The molecule has 9 heteroatoms. The number of piperazine rings is 1. The zero-order valence-corrected chi connectivity index (χ0v) is 11.5. The van der Waals surface area contributed by atoms with E-state index >= 15 is 0 Å². The van der Waals surface area contributed by atoms with Gasteiger partial charge < -0.3 is 5.32 Å². The highest BCUT2D eigenvalue weighted by atomic mass is 32.2. The van der Waals surface area contributed by atoms with Gasteiger partial charge in [-0.05, 0) is 0 Å². The number of sulfone groups is 1. The lowest BCUT2D eigenvalue weighted by molar-refractivity contribution is 0.355. The summed E-state index contributed by atoms with van der Waals surface area (Å²) in [6, 6.07) is 0. The molecular formula is C8H19N3O4S2. The van der Waals surface area contributed by atoms with Crippen LogP contribution in [0.25, 0.3) is 0 Å². The molecule has 0 aromatic heterocycles. The van der Waals surface area contributed by atoms with Crippen LogP contribution in [-0.2, 0) is 20.0 Å². The number of nitrogens with one attached hydrogen (secondary N) is 2. The van der Waals surface area contributed by atoms with E-state index in [9.17, 15) is 16.8 Å². The first-order chi connectivity index (χ1) is 7.87. The molecule has 1 saturated heterocycles. The maximum absolute atomic E-state index is 11.8.